The number of carbonyl (C=O) groups excluding carboxylic acids is 2. The maximum atomic E-state index is 12.0. The van der Waals surface area contributed by atoms with Crippen molar-refractivity contribution in [1.82, 2.24) is 15.6 Å². The van der Waals surface area contributed by atoms with Crippen LogP contribution in [0.3, 0.4) is 0 Å². The minimum Gasteiger partial charge on any atom is -0.507 e. The Hall–Kier alpha value is -2.46. The molecule has 0 radical (unpaired) electrons. The van der Waals surface area contributed by atoms with E-state index in [1.165, 1.54) is 54.5 Å². The maximum absolute atomic E-state index is 12.0. The van der Waals surface area contributed by atoms with Gasteiger partial charge < -0.3 is 26.2 Å². The van der Waals surface area contributed by atoms with Crippen molar-refractivity contribution >= 4 is 40.7 Å². The van der Waals surface area contributed by atoms with Gasteiger partial charge in [-0.1, -0.05) is 50.8 Å². The van der Waals surface area contributed by atoms with Gasteiger partial charge in [-0.05, 0) is 12.5 Å². The van der Waals surface area contributed by atoms with Gasteiger partial charge in [-0.2, -0.15) is 0 Å². The highest BCUT2D eigenvalue weighted by Gasteiger charge is 2.14. The third-order valence-electron chi connectivity index (χ3n) is 4.49. The summed E-state index contributed by atoms with van der Waals surface area (Å²) in [7, 11) is 1.57. The van der Waals surface area contributed by atoms with Crippen molar-refractivity contribution in [2.24, 2.45) is 0 Å². The molecule has 10 heteroatoms. The number of aromatic nitrogens is 1. The Morgan fingerprint density at radius 2 is 1.84 bits per heavy atom. The number of benzene rings is 1. The van der Waals surface area contributed by atoms with Gasteiger partial charge in [-0.3, -0.25) is 4.79 Å². The number of aromatic hydroxyl groups is 2. The van der Waals surface area contributed by atoms with Gasteiger partial charge >= 0.3 is 6.03 Å². The average Bonchev–Trinajstić information content (AvgIpc) is 3.17. The zero-order valence-electron chi connectivity index (χ0n) is 17.9. The van der Waals surface area contributed by atoms with E-state index in [0.717, 1.165) is 19.3 Å². The van der Waals surface area contributed by atoms with E-state index in [0.29, 0.717) is 21.5 Å². The summed E-state index contributed by atoms with van der Waals surface area (Å²) >= 11 is 2.52. The topological polar surface area (TPSA) is 124 Å². The summed E-state index contributed by atoms with van der Waals surface area (Å²) in [5.74, 6) is -0.373. The first kappa shape index (κ1) is 24.8. The lowest BCUT2D eigenvalue weighted by Crippen LogP contribution is -2.29. The number of thiazole rings is 1. The lowest BCUT2D eigenvalue weighted by atomic mass is 10.1. The Bertz CT molecular complexity index is 873. The van der Waals surface area contributed by atoms with Crippen LogP contribution in [0.25, 0.3) is 0 Å². The predicted octanol–water partition coefficient (Wildman–Crippen LogP) is 4.48. The summed E-state index contributed by atoms with van der Waals surface area (Å²) in [6, 6.07) is 2.26. The molecule has 0 saturated heterocycles. The summed E-state index contributed by atoms with van der Waals surface area (Å²) in [4.78, 5) is 28.2. The lowest BCUT2D eigenvalue weighted by Gasteiger charge is -2.11. The van der Waals surface area contributed by atoms with Crippen LogP contribution in [-0.4, -0.2) is 40.7 Å². The minimum atomic E-state index is -0.428. The molecule has 0 aliphatic heterocycles. The van der Waals surface area contributed by atoms with Gasteiger partial charge in [0, 0.05) is 25.0 Å². The molecular formula is C21H30N4O4S2. The first-order valence-electron chi connectivity index (χ1n) is 10.4. The quantitative estimate of drug-likeness (QED) is 0.179. The number of carbonyl (C=O) groups is 2. The smallest absolute Gasteiger partial charge is 0.319 e. The minimum absolute atomic E-state index is 0.0860. The highest BCUT2D eigenvalue weighted by Crippen LogP contribution is 2.41. The van der Waals surface area contributed by atoms with Crippen LogP contribution in [0.15, 0.2) is 26.7 Å². The van der Waals surface area contributed by atoms with Gasteiger partial charge in [-0.25, -0.2) is 9.78 Å². The number of unbranched alkanes of at least 4 members (excludes halogenated alkanes) is 5. The summed E-state index contributed by atoms with van der Waals surface area (Å²) in [6.07, 6.45) is 6.98. The second kappa shape index (κ2) is 13.1. The van der Waals surface area contributed by atoms with Gasteiger partial charge in [-0.15, -0.1) is 11.3 Å². The summed E-state index contributed by atoms with van der Waals surface area (Å²) in [5, 5.41) is 30.2. The molecule has 0 bridgehead atoms. The molecule has 170 valence electrons. The Kier molecular flexibility index (Phi) is 10.5. The summed E-state index contributed by atoms with van der Waals surface area (Å²) in [6.45, 7) is 2.73. The monoisotopic (exact) mass is 466 g/mol. The number of nitrogens with zero attached hydrogens (tertiary/aromatic N) is 1. The zero-order chi connectivity index (χ0) is 22.6. The molecule has 5 N–H and O–H groups in total. The molecule has 0 saturated carbocycles. The Morgan fingerprint density at radius 1 is 1.10 bits per heavy atom. The van der Waals surface area contributed by atoms with Crippen molar-refractivity contribution in [2.75, 3.05) is 18.9 Å². The van der Waals surface area contributed by atoms with Crippen LogP contribution in [0.2, 0.25) is 0 Å². The first-order chi connectivity index (χ1) is 14.9. The summed E-state index contributed by atoms with van der Waals surface area (Å²) in [5.41, 5.74) is 0.762. The van der Waals surface area contributed by atoms with Gasteiger partial charge in [0.25, 0.3) is 0 Å². The van der Waals surface area contributed by atoms with Crippen molar-refractivity contribution in [3.8, 4) is 11.5 Å². The molecule has 0 fully saturated rings. The van der Waals surface area contributed by atoms with Crippen LogP contribution in [-0.2, 0) is 11.2 Å². The van der Waals surface area contributed by atoms with Crippen molar-refractivity contribution in [3.05, 3.63) is 23.2 Å². The standard InChI is InChI=1S/C21H30N4O4S2/c1-3-4-5-6-7-8-9-23-20(29)25-15-11-17(27)18(12-16(15)26)31-21-24-14(13-30-21)10-19(28)22-2/h11-13,26-27H,3-10H2,1-2H3,(H,22,28)(H2,23,25,29). The molecule has 31 heavy (non-hydrogen) atoms. The van der Waals surface area contributed by atoms with E-state index in [9.17, 15) is 19.8 Å². The van der Waals surface area contributed by atoms with E-state index >= 15 is 0 Å². The van der Waals surface area contributed by atoms with E-state index in [1.54, 1.807) is 12.4 Å². The predicted molar refractivity (Wildman–Crippen MR) is 124 cm³/mol. The number of hydrogen-bond donors (Lipinski definition) is 5. The van der Waals surface area contributed by atoms with Crippen LogP contribution in [0.4, 0.5) is 10.5 Å². The number of urea groups is 1. The number of likely N-dealkylation sites (N-methyl/N-ethyl adjacent to an activating group) is 1. The molecule has 0 unspecified atom stereocenters. The fourth-order valence-electron chi connectivity index (χ4n) is 2.78. The number of phenolic OH excluding ortho intramolecular Hbond substituents is 2. The van der Waals surface area contributed by atoms with E-state index < -0.39 is 6.03 Å². The van der Waals surface area contributed by atoms with Crippen molar-refractivity contribution in [1.29, 1.82) is 0 Å². The number of phenols is 2. The van der Waals surface area contributed by atoms with Crippen LogP contribution in [0.1, 0.15) is 51.1 Å². The van der Waals surface area contributed by atoms with Crippen LogP contribution in [0.5, 0.6) is 11.5 Å². The Labute approximate surface area is 190 Å². The molecule has 8 nitrogen and oxygen atoms in total. The fraction of sp³-hybridized carbons (Fsp3) is 0.476. The van der Waals surface area contributed by atoms with Crippen LogP contribution >= 0.6 is 23.1 Å². The van der Waals surface area contributed by atoms with Crippen LogP contribution in [0, 0.1) is 0 Å². The number of rotatable bonds is 12. The van der Waals surface area contributed by atoms with E-state index in [-0.39, 0.29) is 29.5 Å². The molecule has 3 amide bonds. The van der Waals surface area contributed by atoms with Crippen molar-refractivity contribution < 1.29 is 19.8 Å². The fourth-order valence-corrected chi connectivity index (χ4v) is 4.61. The molecule has 2 rings (SSSR count). The van der Waals surface area contributed by atoms with Gasteiger partial charge in [0.05, 0.1) is 22.7 Å². The van der Waals surface area contributed by atoms with Crippen molar-refractivity contribution in [2.45, 2.75) is 61.1 Å². The van der Waals surface area contributed by atoms with Crippen LogP contribution < -0.4 is 16.0 Å². The molecular weight excluding hydrogens is 436 g/mol. The molecule has 0 atom stereocenters. The largest absolute Gasteiger partial charge is 0.507 e. The lowest BCUT2D eigenvalue weighted by molar-refractivity contribution is -0.120. The zero-order valence-corrected chi connectivity index (χ0v) is 19.5. The number of amides is 3. The molecule has 0 aliphatic rings. The third kappa shape index (κ3) is 8.66. The molecule has 0 aliphatic carbocycles. The van der Waals surface area contributed by atoms with E-state index in [1.807, 2.05) is 0 Å². The van der Waals surface area contributed by atoms with Gasteiger partial charge in [0.15, 0.2) is 4.34 Å². The highest BCUT2D eigenvalue weighted by atomic mass is 32.2. The Morgan fingerprint density at radius 3 is 2.58 bits per heavy atom. The van der Waals surface area contributed by atoms with Gasteiger partial charge in [0.1, 0.15) is 11.5 Å². The first-order valence-corrected chi connectivity index (χ1v) is 12.1. The molecule has 0 spiro atoms. The highest BCUT2D eigenvalue weighted by molar-refractivity contribution is 8.01. The third-order valence-corrected chi connectivity index (χ3v) is 6.52. The number of nitrogens with one attached hydrogen (secondary N) is 3. The average molecular weight is 467 g/mol. The van der Waals surface area contributed by atoms with E-state index in [4.69, 9.17) is 0 Å². The molecule has 2 aromatic rings. The summed E-state index contributed by atoms with van der Waals surface area (Å²) < 4.78 is 0.631. The normalized spacial score (nSPS) is 10.6. The Balaban J connectivity index is 1.86. The van der Waals surface area contributed by atoms with Crippen molar-refractivity contribution in [3.63, 3.8) is 0 Å². The number of hydrogen-bond acceptors (Lipinski definition) is 7. The van der Waals surface area contributed by atoms with E-state index in [2.05, 4.69) is 27.9 Å². The molecule has 1 aromatic carbocycles. The number of anilines is 1. The second-order valence-electron chi connectivity index (χ2n) is 7.04. The molecule has 1 heterocycles. The molecule has 1 aromatic heterocycles. The van der Waals surface area contributed by atoms with Gasteiger partial charge in [0.2, 0.25) is 5.91 Å². The SMILES string of the molecule is CCCCCCCCNC(=O)Nc1cc(O)c(Sc2nc(CC(=O)NC)cs2)cc1O. The maximum Gasteiger partial charge on any atom is 0.319 e. The second-order valence-corrected chi connectivity index (χ2v) is 9.19.